The number of hydrogen-bond donors (Lipinski definition) is 3. The smallest absolute Gasteiger partial charge is 0.289 e. The number of amides is 1. The van der Waals surface area contributed by atoms with Crippen molar-refractivity contribution in [2.24, 2.45) is 5.10 Å². The van der Waals surface area contributed by atoms with Crippen molar-refractivity contribution >= 4 is 12.1 Å². The first kappa shape index (κ1) is 25.8. The maximum atomic E-state index is 12.6. The second kappa shape index (κ2) is 9.82. The monoisotopic (exact) mass is 478 g/mol. The van der Waals surface area contributed by atoms with Crippen molar-refractivity contribution in [3.8, 4) is 28.5 Å². The van der Waals surface area contributed by atoms with E-state index in [0.717, 1.165) is 22.3 Å². The minimum Gasteiger partial charge on any atom is -0.507 e. The molecule has 0 aliphatic rings. The summed E-state index contributed by atoms with van der Waals surface area (Å²) in [5, 5.41) is 22.0. The van der Waals surface area contributed by atoms with Crippen LogP contribution in [0.3, 0.4) is 0 Å². The largest absolute Gasteiger partial charge is 0.507 e. The zero-order chi connectivity index (χ0) is 26.0. The SMILES string of the molecule is COc1ccc(-c2cc(C(=O)N/N=C/c3cc(C(C)(C)C)c(O)c(C(C)(C)C)c3)[nH]n2)cc1OC. The zero-order valence-electron chi connectivity index (χ0n) is 21.6. The van der Waals surface area contributed by atoms with Gasteiger partial charge in [0.05, 0.1) is 26.1 Å². The van der Waals surface area contributed by atoms with Crippen molar-refractivity contribution in [2.75, 3.05) is 14.2 Å². The van der Waals surface area contributed by atoms with Crippen molar-refractivity contribution in [1.82, 2.24) is 15.6 Å². The van der Waals surface area contributed by atoms with E-state index in [1.807, 2.05) is 59.7 Å². The lowest BCUT2D eigenvalue weighted by Crippen LogP contribution is -2.19. The standard InChI is InChI=1S/C27H34N4O4/c1-26(2,3)18-11-16(12-19(24(18)32)27(4,5)6)15-28-31-25(33)21-14-20(29-30-21)17-9-10-22(34-7)23(13-17)35-8/h9-15,32H,1-8H3,(H,29,30)(H,31,33)/b28-15+. The highest BCUT2D eigenvalue weighted by Gasteiger charge is 2.26. The molecule has 1 heterocycles. The van der Waals surface area contributed by atoms with Gasteiger partial charge in [0.2, 0.25) is 0 Å². The Bertz CT molecular complexity index is 1210. The average Bonchev–Trinajstić information content (AvgIpc) is 3.28. The van der Waals surface area contributed by atoms with Crippen molar-refractivity contribution in [3.63, 3.8) is 0 Å². The summed E-state index contributed by atoms with van der Waals surface area (Å²) in [6, 6.07) is 10.8. The third kappa shape index (κ3) is 5.82. The summed E-state index contributed by atoms with van der Waals surface area (Å²) in [7, 11) is 3.13. The number of aromatic hydroxyl groups is 1. The van der Waals surface area contributed by atoms with E-state index in [-0.39, 0.29) is 16.5 Å². The third-order valence-corrected chi connectivity index (χ3v) is 5.63. The first-order valence-electron chi connectivity index (χ1n) is 11.3. The minimum absolute atomic E-state index is 0.256. The number of aromatic nitrogens is 2. The Hall–Kier alpha value is -3.81. The van der Waals surface area contributed by atoms with Crippen LogP contribution in [-0.2, 0) is 10.8 Å². The van der Waals surface area contributed by atoms with Crippen LogP contribution < -0.4 is 14.9 Å². The molecule has 0 saturated carbocycles. The number of hydrogen-bond acceptors (Lipinski definition) is 6. The molecule has 0 atom stereocenters. The first-order valence-corrected chi connectivity index (χ1v) is 11.3. The van der Waals surface area contributed by atoms with E-state index in [4.69, 9.17) is 9.47 Å². The number of nitrogens with one attached hydrogen (secondary N) is 2. The first-order chi connectivity index (χ1) is 16.3. The van der Waals surface area contributed by atoms with Crippen LogP contribution in [0.1, 0.15) is 68.7 Å². The predicted octanol–water partition coefficient (Wildman–Crippen LogP) is 5.16. The summed E-state index contributed by atoms with van der Waals surface area (Å²) >= 11 is 0. The molecule has 8 nitrogen and oxygen atoms in total. The van der Waals surface area contributed by atoms with Crippen molar-refractivity contribution in [3.05, 3.63) is 58.8 Å². The van der Waals surface area contributed by atoms with Crippen molar-refractivity contribution in [2.45, 2.75) is 52.4 Å². The van der Waals surface area contributed by atoms with Crippen LogP contribution in [0.25, 0.3) is 11.3 Å². The van der Waals surface area contributed by atoms with Gasteiger partial charge in [-0.05, 0) is 52.8 Å². The number of phenolic OH excluding ortho intramolecular Hbond substituents is 1. The maximum Gasteiger partial charge on any atom is 0.289 e. The van der Waals surface area contributed by atoms with Crippen LogP contribution in [0.2, 0.25) is 0 Å². The second-order valence-corrected chi connectivity index (χ2v) is 10.4. The van der Waals surface area contributed by atoms with Gasteiger partial charge in [-0.1, -0.05) is 41.5 Å². The Morgan fingerprint density at radius 2 is 1.57 bits per heavy atom. The highest BCUT2D eigenvalue weighted by molar-refractivity contribution is 5.94. The molecule has 186 valence electrons. The normalized spacial score (nSPS) is 12.1. The van der Waals surface area contributed by atoms with Gasteiger partial charge >= 0.3 is 0 Å². The summed E-state index contributed by atoms with van der Waals surface area (Å²) in [4.78, 5) is 12.6. The van der Waals surface area contributed by atoms with E-state index in [1.165, 1.54) is 0 Å². The number of methoxy groups -OCH3 is 2. The van der Waals surface area contributed by atoms with Crippen LogP contribution in [0, 0.1) is 0 Å². The van der Waals surface area contributed by atoms with E-state index >= 15 is 0 Å². The Labute approximate surface area is 206 Å². The molecule has 0 unspecified atom stereocenters. The average molecular weight is 479 g/mol. The molecule has 2 aromatic carbocycles. The molecule has 35 heavy (non-hydrogen) atoms. The molecule has 0 aliphatic heterocycles. The highest BCUT2D eigenvalue weighted by Crippen LogP contribution is 2.39. The number of hydrazone groups is 1. The van der Waals surface area contributed by atoms with E-state index in [9.17, 15) is 9.90 Å². The molecule has 1 amide bonds. The van der Waals surface area contributed by atoms with Crippen molar-refractivity contribution < 1.29 is 19.4 Å². The van der Waals surface area contributed by atoms with Gasteiger partial charge in [-0.25, -0.2) is 5.43 Å². The fourth-order valence-corrected chi connectivity index (χ4v) is 3.68. The van der Waals surface area contributed by atoms with Crippen LogP contribution in [0.5, 0.6) is 17.2 Å². The maximum absolute atomic E-state index is 12.6. The number of rotatable bonds is 6. The molecule has 0 fully saturated rings. The molecule has 3 N–H and O–H groups in total. The molecule has 0 bridgehead atoms. The lowest BCUT2D eigenvalue weighted by atomic mass is 9.78. The fraction of sp³-hybridized carbons (Fsp3) is 0.370. The van der Waals surface area contributed by atoms with Crippen LogP contribution in [0.4, 0.5) is 0 Å². The molecule has 0 saturated heterocycles. The van der Waals surface area contributed by atoms with Gasteiger partial charge in [0, 0.05) is 16.7 Å². The van der Waals surface area contributed by atoms with Gasteiger partial charge < -0.3 is 14.6 Å². The number of nitrogens with zero attached hydrogens (tertiary/aromatic N) is 2. The lowest BCUT2D eigenvalue weighted by Gasteiger charge is -2.27. The summed E-state index contributed by atoms with van der Waals surface area (Å²) in [5.74, 6) is 1.05. The van der Waals surface area contributed by atoms with E-state index < -0.39 is 5.91 Å². The van der Waals surface area contributed by atoms with Crippen molar-refractivity contribution in [1.29, 1.82) is 0 Å². The van der Waals surface area contributed by atoms with Crippen LogP contribution in [0.15, 0.2) is 41.5 Å². The molecule has 0 radical (unpaired) electrons. The number of aromatic amines is 1. The van der Waals surface area contributed by atoms with Gasteiger partial charge in [-0.15, -0.1) is 0 Å². The molecule has 3 aromatic rings. The number of H-pyrrole nitrogens is 1. The van der Waals surface area contributed by atoms with Crippen LogP contribution >= 0.6 is 0 Å². The topological polar surface area (TPSA) is 109 Å². The Morgan fingerprint density at radius 3 is 2.11 bits per heavy atom. The Morgan fingerprint density at radius 1 is 0.971 bits per heavy atom. The quantitative estimate of drug-likeness (QED) is 0.335. The Kier molecular flexibility index (Phi) is 7.24. The van der Waals surface area contributed by atoms with E-state index in [2.05, 4.69) is 20.7 Å². The Balaban J connectivity index is 1.80. The second-order valence-electron chi connectivity index (χ2n) is 10.4. The molecule has 3 rings (SSSR count). The molecular formula is C27H34N4O4. The molecule has 0 aliphatic carbocycles. The predicted molar refractivity (Wildman–Crippen MR) is 138 cm³/mol. The van der Waals surface area contributed by atoms with Crippen LogP contribution in [-0.4, -0.2) is 41.6 Å². The molecule has 8 heteroatoms. The zero-order valence-corrected chi connectivity index (χ0v) is 21.6. The highest BCUT2D eigenvalue weighted by atomic mass is 16.5. The number of phenols is 1. The lowest BCUT2D eigenvalue weighted by molar-refractivity contribution is 0.0950. The van der Waals surface area contributed by atoms with E-state index in [1.54, 1.807) is 38.6 Å². The molecule has 1 aromatic heterocycles. The summed E-state index contributed by atoms with van der Waals surface area (Å²) in [6.07, 6.45) is 1.58. The minimum atomic E-state index is -0.425. The number of benzene rings is 2. The summed E-state index contributed by atoms with van der Waals surface area (Å²) in [6.45, 7) is 12.3. The molecular weight excluding hydrogens is 444 g/mol. The number of carbonyl (C=O) groups is 1. The third-order valence-electron chi connectivity index (χ3n) is 5.63. The van der Waals surface area contributed by atoms with E-state index in [0.29, 0.717) is 22.9 Å². The van der Waals surface area contributed by atoms with Gasteiger partial charge in [-0.2, -0.15) is 10.2 Å². The number of ether oxygens (including phenoxy) is 2. The van der Waals surface area contributed by atoms with Gasteiger partial charge in [0.1, 0.15) is 11.4 Å². The van der Waals surface area contributed by atoms with Gasteiger partial charge in [0.25, 0.3) is 5.91 Å². The van der Waals surface area contributed by atoms with Gasteiger partial charge in [-0.3, -0.25) is 9.89 Å². The number of carbonyl (C=O) groups excluding carboxylic acids is 1. The summed E-state index contributed by atoms with van der Waals surface area (Å²) in [5.41, 5.74) is 6.09. The summed E-state index contributed by atoms with van der Waals surface area (Å²) < 4.78 is 10.6. The fourth-order valence-electron chi connectivity index (χ4n) is 3.68. The molecule has 0 spiro atoms. The van der Waals surface area contributed by atoms with Gasteiger partial charge in [0.15, 0.2) is 11.5 Å².